The average molecular weight is 245 g/mol. The molecule has 0 aliphatic carbocycles. The number of halogens is 1. The smallest absolute Gasteiger partial charge is 0.258 e. The van der Waals surface area contributed by atoms with Crippen LogP contribution in [0.4, 0.5) is 21.5 Å². The number of carbonyl (C=O) groups is 1. The molecule has 0 spiro atoms. The zero-order chi connectivity index (χ0) is 13.1. The molecular formula is C13H12FN3O. The Morgan fingerprint density at radius 1 is 1.00 bits per heavy atom. The third-order valence-electron chi connectivity index (χ3n) is 2.41. The monoisotopic (exact) mass is 245 g/mol. The average Bonchev–Trinajstić information content (AvgIpc) is 2.32. The lowest BCUT2D eigenvalue weighted by molar-refractivity contribution is 0.102. The summed E-state index contributed by atoms with van der Waals surface area (Å²) in [4.78, 5) is 11.8. The first-order valence-electron chi connectivity index (χ1n) is 5.28. The molecule has 18 heavy (non-hydrogen) atoms. The quantitative estimate of drug-likeness (QED) is 0.710. The molecule has 0 saturated carbocycles. The van der Waals surface area contributed by atoms with Crippen molar-refractivity contribution in [2.24, 2.45) is 0 Å². The molecule has 0 saturated heterocycles. The van der Waals surface area contributed by atoms with Gasteiger partial charge in [-0.25, -0.2) is 4.39 Å². The molecule has 0 aliphatic rings. The van der Waals surface area contributed by atoms with E-state index >= 15 is 0 Å². The van der Waals surface area contributed by atoms with Crippen LogP contribution in [0.1, 0.15) is 10.4 Å². The van der Waals surface area contributed by atoms with Crippen molar-refractivity contribution in [3.63, 3.8) is 0 Å². The largest absolute Gasteiger partial charge is 0.399 e. The van der Waals surface area contributed by atoms with Crippen molar-refractivity contribution in [3.8, 4) is 0 Å². The van der Waals surface area contributed by atoms with Crippen LogP contribution in [0.3, 0.4) is 0 Å². The lowest BCUT2D eigenvalue weighted by Gasteiger charge is -2.06. The second-order valence-electron chi connectivity index (χ2n) is 3.82. The van der Waals surface area contributed by atoms with Crippen molar-refractivity contribution < 1.29 is 9.18 Å². The first kappa shape index (κ1) is 11.9. The molecule has 92 valence electrons. The van der Waals surface area contributed by atoms with Gasteiger partial charge in [0.05, 0.1) is 5.56 Å². The van der Waals surface area contributed by atoms with E-state index in [1.54, 1.807) is 24.3 Å². The highest BCUT2D eigenvalue weighted by molar-refractivity contribution is 6.04. The fourth-order valence-corrected chi connectivity index (χ4v) is 1.48. The molecule has 5 N–H and O–H groups in total. The lowest BCUT2D eigenvalue weighted by Crippen LogP contribution is -2.13. The van der Waals surface area contributed by atoms with E-state index in [0.717, 1.165) is 6.07 Å². The Bertz CT molecular complexity index is 581. The Morgan fingerprint density at radius 2 is 1.61 bits per heavy atom. The topological polar surface area (TPSA) is 81.1 Å². The number of anilines is 3. The van der Waals surface area contributed by atoms with Crippen LogP contribution in [0.25, 0.3) is 0 Å². The molecule has 0 atom stereocenters. The highest BCUT2D eigenvalue weighted by atomic mass is 19.1. The standard InChI is InChI=1S/C13H12FN3O/c14-12-7-9(16)3-6-11(12)13(18)17-10-4-1-8(15)2-5-10/h1-7H,15-16H2,(H,17,18). The Balaban J connectivity index is 2.19. The molecule has 1 amide bonds. The number of nitrogens with one attached hydrogen (secondary N) is 1. The minimum absolute atomic E-state index is 0.0546. The summed E-state index contributed by atoms with van der Waals surface area (Å²) in [5, 5.41) is 2.57. The summed E-state index contributed by atoms with van der Waals surface area (Å²) in [6, 6.07) is 10.5. The van der Waals surface area contributed by atoms with Crippen LogP contribution in [0, 0.1) is 5.82 Å². The van der Waals surface area contributed by atoms with E-state index in [1.165, 1.54) is 12.1 Å². The zero-order valence-electron chi connectivity index (χ0n) is 9.48. The summed E-state index contributed by atoms with van der Waals surface area (Å²) in [7, 11) is 0. The Morgan fingerprint density at radius 3 is 2.22 bits per heavy atom. The minimum Gasteiger partial charge on any atom is -0.399 e. The summed E-state index contributed by atoms with van der Waals surface area (Å²) in [6.45, 7) is 0. The summed E-state index contributed by atoms with van der Waals surface area (Å²) < 4.78 is 13.5. The van der Waals surface area contributed by atoms with Crippen molar-refractivity contribution >= 4 is 23.0 Å². The third-order valence-corrected chi connectivity index (χ3v) is 2.41. The molecule has 0 radical (unpaired) electrons. The van der Waals surface area contributed by atoms with Gasteiger partial charge in [0, 0.05) is 17.1 Å². The zero-order valence-corrected chi connectivity index (χ0v) is 9.48. The predicted octanol–water partition coefficient (Wildman–Crippen LogP) is 2.24. The van der Waals surface area contributed by atoms with E-state index in [1.807, 2.05) is 0 Å². The maximum Gasteiger partial charge on any atom is 0.258 e. The highest BCUT2D eigenvalue weighted by Crippen LogP contribution is 2.15. The number of nitrogen functional groups attached to an aromatic ring is 2. The molecule has 2 aromatic rings. The van der Waals surface area contributed by atoms with Crippen molar-refractivity contribution in [2.45, 2.75) is 0 Å². The Labute approximate surface area is 103 Å². The number of amides is 1. The van der Waals surface area contributed by atoms with Gasteiger partial charge in [-0.2, -0.15) is 0 Å². The van der Waals surface area contributed by atoms with Crippen molar-refractivity contribution in [1.29, 1.82) is 0 Å². The maximum atomic E-state index is 13.5. The molecule has 0 bridgehead atoms. The molecule has 0 fully saturated rings. The van der Waals surface area contributed by atoms with Crippen LogP contribution in [0.2, 0.25) is 0 Å². The van der Waals surface area contributed by atoms with Crippen LogP contribution in [-0.2, 0) is 0 Å². The molecule has 0 heterocycles. The Kier molecular flexibility index (Phi) is 3.14. The number of nitrogens with two attached hydrogens (primary N) is 2. The summed E-state index contributed by atoms with van der Waals surface area (Å²) >= 11 is 0. The van der Waals surface area contributed by atoms with Gasteiger partial charge in [-0.15, -0.1) is 0 Å². The highest BCUT2D eigenvalue weighted by Gasteiger charge is 2.11. The molecule has 0 aromatic heterocycles. The maximum absolute atomic E-state index is 13.5. The fourth-order valence-electron chi connectivity index (χ4n) is 1.48. The molecule has 2 rings (SSSR count). The minimum atomic E-state index is -0.650. The van der Waals surface area contributed by atoms with Gasteiger partial charge in [0.2, 0.25) is 0 Å². The number of hydrogen-bond donors (Lipinski definition) is 3. The van der Waals surface area contributed by atoms with Gasteiger partial charge in [-0.1, -0.05) is 0 Å². The summed E-state index contributed by atoms with van der Waals surface area (Å²) in [6.07, 6.45) is 0. The molecule has 0 aliphatic heterocycles. The number of hydrogen-bond acceptors (Lipinski definition) is 3. The van der Waals surface area contributed by atoms with Crippen molar-refractivity contribution in [3.05, 3.63) is 53.8 Å². The number of carbonyl (C=O) groups excluding carboxylic acids is 1. The van der Waals surface area contributed by atoms with Gasteiger partial charge in [0.25, 0.3) is 5.91 Å². The number of rotatable bonds is 2. The van der Waals surface area contributed by atoms with Crippen LogP contribution in [0.15, 0.2) is 42.5 Å². The second kappa shape index (κ2) is 4.75. The van der Waals surface area contributed by atoms with Crippen LogP contribution >= 0.6 is 0 Å². The molecule has 0 unspecified atom stereocenters. The van der Waals surface area contributed by atoms with E-state index in [9.17, 15) is 9.18 Å². The predicted molar refractivity (Wildman–Crippen MR) is 69.6 cm³/mol. The molecular weight excluding hydrogens is 233 g/mol. The van der Waals surface area contributed by atoms with Gasteiger partial charge in [0.15, 0.2) is 0 Å². The summed E-state index contributed by atoms with van der Waals surface area (Å²) in [5.74, 6) is -1.18. The SMILES string of the molecule is Nc1ccc(NC(=O)c2ccc(N)cc2F)cc1. The normalized spacial score (nSPS) is 10.1. The van der Waals surface area contributed by atoms with Crippen molar-refractivity contribution in [1.82, 2.24) is 0 Å². The second-order valence-corrected chi connectivity index (χ2v) is 3.82. The molecule has 2 aromatic carbocycles. The van der Waals surface area contributed by atoms with Gasteiger partial charge >= 0.3 is 0 Å². The van der Waals surface area contributed by atoms with E-state index in [4.69, 9.17) is 11.5 Å². The number of benzene rings is 2. The van der Waals surface area contributed by atoms with Gasteiger partial charge in [0.1, 0.15) is 5.82 Å². The van der Waals surface area contributed by atoms with E-state index < -0.39 is 11.7 Å². The fraction of sp³-hybridized carbons (Fsp3) is 0. The van der Waals surface area contributed by atoms with Crippen molar-refractivity contribution in [2.75, 3.05) is 16.8 Å². The summed E-state index contributed by atoms with van der Waals surface area (Å²) in [5.41, 5.74) is 12.3. The third kappa shape index (κ3) is 2.57. The van der Waals surface area contributed by atoms with Crippen LogP contribution < -0.4 is 16.8 Å². The van der Waals surface area contributed by atoms with E-state index in [2.05, 4.69) is 5.32 Å². The molecule has 5 heteroatoms. The Hall–Kier alpha value is -2.56. The van der Waals surface area contributed by atoms with Gasteiger partial charge in [-0.3, -0.25) is 4.79 Å². The lowest BCUT2D eigenvalue weighted by atomic mass is 10.1. The van der Waals surface area contributed by atoms with Gasteiger partial charge in [-0.05, 0) is 42.5 Å². The molecule has 4 nitrogen and oxygen atoms in total. The first-order chi connectivity index (χ1) is 8.56. The van der Waals surface area contributed by atoms with E-state index in [-0.39, 0.29) is 11.3 Å². The van der Waals surface area contributed by atoms with Gasteiger partial charge < -0.3 is 16.8 Å². The van der Waals surface area contributed by atoms with E-state index in [0.29, 0.717) is 11.4 Å². The van der Waals surface area contributed by atoms with Crippen LogP contribution in [0.5, 0.6) is 0 Å². The van der Waals surface area contributed by atoms with Crippen LogP contribution in [-0.4, -0.2) is 5.91 Å². The first-order valence-corrected chi connectivity index (χ1v) is 5.28.